The Morgan fingerprint density at radius 2 is 1.84 bits per heavy atom. The summed E-state index contributed by atoms with van der Waals surface area (Å²) in [5.41, 5.74) is 7.73. The maximum atomic E-state index is 10.2. The Balaban J connectivity index is 3.02. The largest absolute Gasteiger partial charge is 0.505 e. The minimum Gasteiger partial charge on any atom is -0.505 e. The van der Waals surface area contributed by atoms with Crippen molar-refractivity contribution in [2.45, 2.75) is 64.9 Å². The Morgan fingerprint density at radius 1 is 1.21 bits per heavy atom. The van der Waals surface area contributed by atoms with Crippen LogP contribution in [0.5, 0.6) is 5.75 Å². The molecule has 1 atom stereocenters. The molecular weight excluding hydrogens is 238 g/mol. The molecule has 0 aliphatic rings. The van der Waals surface area contributed by atoms with Gasteiger partial charge in [0.05, 0.1) is 11.8 Å². The first-order chi connectivity index (χ1) is 8.77. The smallest absolute Gasteiger partial charge is 0.144 e. The van der Waals surface area contributed by atoms with Gasteiger partial charge in [-0.15, -0.1) is 0 Å². The summed E-state index contributed by atoms with van der Waals surface area (Å²) in [6, 6.07) is 3.67. The number of aliphatic hydroxyl groups is 1. The fourth-order valence-electron chi connectivity index (χ4n) is 2.11. The van der Waals surface area contributed by atoms with Gasteiger partial charge >= 0.3 is 0 Å². The summed E-state index contributed by atoms with van der Waals surface area (Å²) in [6.45, 7) is 8.40. The van der Waals surface area contributed by atoms with Crippen LogP contribution in [0.25, 0.3) is 0 Å². The van der Waals surface area contributed by atoms with Gasteiger partial charge < -0.3 is 15.9 Å². The SMILES string of the molecule is CCCCCC(O)c1cc(C(C)(C)C)cc(N)c1O. The quantitative estimate of drug-likeness (QED) is 0.430. The zero-order valence-electron chi connectivity index (χ0n) is 12.5. The zero-order chi connectivity index (χ0) is 14.6. The van der Waals surface area contributed by atoms with Crippen LogP contribution < -0.4 is 5.73 Å². The van der Waals surface area contributed by atoms with E-state index in [4.69, 9.17) is 5.73 Å². The zero-order valence-corrected chi connectivity index (χ0v) is 12.5. The summed E-state index contributed by atoms with van der Waals surface area (Å²) in [5.74, 6) is 0.0250. The molecule has 1 unspecified atom stereocenters. The predicted molar refractivity (Wildman–Crippen MR) is 80.3 cm³/mol. The lowest BCUT2D eigenvalue weighted by atomic mass is 9.84. The molecule has 1 aromatic rings. The van der Waals surface area contributed by atoms with E-state index in [-0.39, 0.29) is 11.2 Å². The Morgan fingerprint density at radius 3 is 2.37 bits per heavy atom. The highest BCUT2D eigenvalue weighted by atomic mass is 16.3. The average Bonchev–Trinajstić information content (AvgIpc) is 2.31. The van der Waals surface area contributed by atoms with Crippen molar-refractivity contribution in [2.75, 3.05) is 5.73 Å². The molecule has 3 heteroatoms. The summed E-state index contributed by atoms with van der Waals surface area (Å²) in [7, 11) is 0. The second kappa shape index (κ2) is 6.29. The van der Waals surface area contributed by atoms with Gasteiger partial charge in [-0.3, -0.25) is 0 Å². The third-order valence-corrected chi connectivity index (χ3v) is 3.48. The van der Waals surface area contributed by atoms with Crippen molar-refractivity contribution in [1.29, 1.82) is 0 Å². The van der Waals surface area contributed by atoms with E-state index in [0.717, 1.165) is 24.8 Å². The van der Waals surface area contributed by atoms with E-state index < -0.39 is 6.10 Å². The Kier molecular flexibility index (Phi) is 5.24. The highest BCUT2D eigenvalue weighted by Crippen LogP contribution is 2.37. The minimum absolute atomic E-state index is 0.0250. The molecule has 0 aliphatic carbocycles. The van der Waals surface area contributed by atoms with Crippen molar-refractivity contribution in [1.82, 2.24) is 0 Å². The molecule has 0 amide bonds. The van der Waals surface area contributed by atoms with E-state index in [9.17, 15) is 10.2 Å². The topological polar surface area (TPSA) is 66.5 Å². The predicted octanol–water partition coefficient (Wildman–Crippen LogP) is 3.89. The van der Waals surface area contributed by atoms with Crippen molar-refractivity contribution in [3.8, 4) is 5.75 Å². The molecule has 0 bridgehead atoms. The maximum absolute atomic E-state index is 10.2. The van der Waals surface area contributed by atoms with Gasteiger partial charge in [-0.05, 0) is 29.5 Å². The van der Waals surface area contributed by atoms with Crippen LogP contribution in [0, 0.1) is 0 Å². The molecular formula is C16H27NO2. The summed E-state index contributed by atoms with van der Waals surface area (Å²) in [5, 5.41) is 20.3. The number of aromatic hydroxyl groups is 1. The Hall–Kier alpha value is -1.22. The number of rotatable bonds is 5. The van der Waals surface area contributed by atoms with Gasteiger partial charge in [0, 0.05) is 5.56 Å². The fourth-order valence-corrected chi connectivity index (χ4v) is 2.11. The van der Waals surface area contributed by atoms with Crippen LogP contribution in [0.1, 0.15) is 70.6 Å². The second-order valence-electron chi connectivity index (χ2n) is 6.26. The summed E-state index contributed by atoms with van der Waals surface area (Å²) in [4.78, 5) is 0. The molecule has 0 fully saturated rings. The van der Waals surface area contributed by atoms with E-state index in [1.165, 1.54) is 0 Å². The standard InChI is InChI=1S/C16H27NO2/c1-5-6-7-8-14(18)12-9-11(16(2,3)4)10-13(17)15(12)19/h9-10,14,18-19H,5-8,17H2,1-4H3. The first-order valence-electron chi connectivity index (χ1n) is 7.08. The van der Waals surface area contributed by atoms with Crippen molar-refractivity contribution in [2.24, 2.45) is 0 Å². The molecule has 0 radical (unpaired) electrons. The molecule has 0 heterocycles. The molecule has 1 aromatic carbocycles. The van der Waals surface area contributed by atoms with E-state index in [1.54, 1.807) is 6.07 Å². The van der Waals surface area contributed by atoms with Crippen molar-refractivity contribution < 1.29 is 10.2 Å². The van der Waals surface area contributed by atoms with Gasteiger partial charge in [0.15, 0.2) is 0 Å². The number of hydrogen-bond donors (Lipinski definition) is 3. The molecule has 108 valence electrons. The molecule has 0 saturated heterocycles. The second-order valence-corrected chi connectivity index (χ2v) is 6.26. The molecule has 3 nitrogen and oxygen atoms in total. The highest BCUT2D eigenvalue weighted by Gasteiger charge is 2.21. The van der Waals surface area contributed by atoms with Crippen LogP contribution in [0.2, 0.25) is 0 Å². The normalized spacial score (nSPS) is 13.5. The van der Waals surface area contributed by atoms with Gasteiger partial charge in [0.1, 0.15) is 5.75 Å². The minimum atomic E-state index is -0.642. The molecule has 0 aliphatic heterocycles. The lowest BCUT2D eigenvalue weighted by Crippen LogP contribution is -2.13. The Labute approximate surface area is 116 Å². The maximum Gasteiger partial charge on any atom is 0.144 e. The number of unbranched alkanes of at least 4 members (excludes halogenated alkanes) is 2. The third-order valence-electron chi connectivity index (χ3n) is 3.48. The number of benzene rings is 1. The van der Waals surface area contributed by atoms with Gasteiger partial charge in [0.2, 0.25) is 0 Å². The van der Waals surface area contributed by atoms with Crippen LogP contribution in [-0.4, -0.2) is 10.2 Å². The summed E-state index contributed by atoms with van der Waals surface area (Å²) >= 11 is 0. The lowest BCUT2D eigenvalue weighted by Gasteiger charge is -2.23. The van der Waals surface area contributed by atoms with Gasteiger partial charge in [0.25, 0.3) is 0 Å². The average molecular weight is 265 g/mol. The molecule has 0 aromatic heterocycles. The van der Waals surface area contributed by atoms with Crippen LogP contribution >= 0.6 is 0 Å². The number of nitrogen functional groups attached to an aromatic ring is 1. The monoisotopic (exact) mass is 265 g/mol. The third kappa shape index (κ3) is 4.13. The number of hydrogen-bond acceptors (Lipinski definition) is 3. The van der Waals surface area contributed by atoms with Crippen LogP contribution in [0.15, 0.2) is 12.1 Å². The summed E-state index contributed by atoms with van der Waals surface area (Å²) < 4.78 is 0. The molecule has 0 saturated carbocycles. The Bertz CT molecular complexity index is 421. The van der Waals surface area contributed by atoms with E-state index in [2.05, 4.69) is 27.7 Å². The molecule has 1 rings (SSSR count). The van der Waals surface area contributed by atoms with Crippen LogP contribution in [-0.2, 0) is 5.41 Å². The highest BCUT2D eigenvalue weighted by molar-refractivity contribution is 5.59. The van der Waals surface area contributed by atoms with Gasteiger partial charge in [-0.1, -0.05) is 47.0 Å². The van der Waals surface area contributed by atoms with Crippen molar-refractivity contribution >= 4 is 5.69 Å². The number of aliphatic hydroxyl groups excluding tert-OH is 1. The van der Waals surface area contributed by atoms with E-state index >= 15 is 0 Å². The number of nitrogens with two attached hydrogens (primary N) is 1. The summed E-state index contributed by atoms with van der Waals surface area (Å²) in [6.07, 6.45) is 3.18. The fraction of sp³-hybridized carbons (Fsp3) is 0.625. The van der Waals surface area contributed by atoms with Crippen LogP contribution in [0.3, 0.4) is 0 Å². The van der Waals surface area contributed by atoms with Crippen LogP contribution in [0.4, 0.5) is 5.69 Å². The molecule has 0 spiro atoms. The number of phenols is 1. The molecule has 4 N–H and O–H groups in total. The van der Waals surface area contributed by atoms with Crippen molar-refractivity contribution in [3.63, 3.8) is 0 Å². The van der Waals surface area contributed by atoms with E-state index in [1.807, 2.05) is 6.07 Å². The first-order valence-corrected chi connectivity index (χ1v) is 7.08. The lowest BCUT2D eigenvalue weighted by molar-refractivity contribution is 0.160. The number of phenolic OH excluding ortho intramolecular Hbond substituents is 1. The van der Waals surface area contributed by atoms with Crippen molar-refractivity contribution in [3.05, 3.63) is 23.3 Å². The van der Waals surface area contributed by atoms with Gasteiger partial charge in [-0.25, -0.2) is 0 Å². The van der Waals surface area contributed by atoms with Gasteiger partial charge in [-0.2, -0.15) is 0 Å². The van der Waals surface area contributed by atoms with E-state index in [0.29, 0.717) is 17.7 Å². The first kappa shape index (κ1) is 15.8. The molecule has 19 heavy (non-hydrogen) atoms. The number of anilines is 1.